The average Bonchev–Trinajstić information content (AvgIpc) is 3.19. The molecule has 1 unspecified atom stereocenters. The number of nitrogens with one attached hydrogen (secondary N) is 1. The molecule has 21 heavy (non-hydrogen) atoms. The van der Waals surface area contributed by atoms with E-state index in [1.54, 1.807) is 11.3 Å². The molecular formula is C17H19BrClNS. The highest BCUT2D eigenvalue weighted by molar-refractivity contribution is 9.10. The number of halogens is 2. The van der Waals surface area contributed by atoms with Gasteiger partial charge in [-0.2, -0.15) is 0 Å². The lowest BCUT2D eigenvalue weighted by atomic mass is 9.95. The maximum absolute atomic E-state index is 6.06. The van der Waals surface area contributed by atoms with Crippen molar-refractivity contribution < 1.29 is 0 Å². The van der Waals surface area contributed by atoms with Gasteiger partial charge in [0.1, 0.15) is 0 Å². The maximum Gasteiger partial charge on any atom is 0.0931 e. The van der Waals surface area contributed by atoms with Gasteiger partial charge in [0, 0.05) is 15.4 Å². The molecule has 1 fully saturated rings. The van der Waals surface area contributed by atoms with Crippen LogP contribution in [0.3, 0.4) is 0 Å². The van der Waals surface area contributed by atoms with Gasteiger partial charge in [0.2, 0.25) is 0 Å². The van der Waals surface area contributed by atoms with Crippen molar-refractivity contribution in [3.05, 3.63) is 55.6 Å². The zero-order chi connectivity index (χ0) is 14.7. The topological polar surface area (TPSA) is 12.0 Å². The van der Waals surface area contributed by atoms with Crippen molar-refractivity contribution in [2.75, 3.05) is 6.54 Å². The highest BCUT2D eigenvalue weighted by atomic mass is 79.9. The Kier molecular flexibility index (Phi) is 5.38. The Morgan fingerprint density at radius 1 is 1.24 bits per heavy atom. The first-order valence-corrected chi connectivity index (χ1v) is 9.40. The molecule has 1 aliphatic rings. The molecule has 3 rings (SSSR count). The van der Waals surface area contributed by atoms with E-state index in [0.717, 1.165) is 34.2 Å². The van der Waals surface area contributed by atoms with Crippen LogP contribution in [-0.2, 0) is 12.8 Å². The van der Waals surface area contributed by atoms with Crippen LogP contribution >= 0.6 is 38.9 Å². The fraction of sp³-hybridized carbons (Fsp3) is 0.412. The smallest absolute Gasteiger partial charge is 0.0931 e. The molecule has 1 N–H and O–H groups in total. The molecule has 0 saturated heterocycles. The second kappa shape index (κ2) is 7.28. The monoisotopic (exact) mass is 383 g/mol. The Morgan fingerprint density at radius 2 is 2.10 bits per heavy atom. The van der Waals surface area contributed by atoms with Crippen LogP contribution in [0.1, 0.15) is 23.3 Å². The zero-order valence-corrected chi connectivity index (χ0v) is 15.0. The summed E-state index contributed by atoms with van der Waals surface area (Å²) in [4.78, 5) is 1.39. The number of hydrogen-bond acceptors (Lipinski definition) is 2. The first-order valence-electron chi connectivity index (χ1n) is 7.41. The first-order chi connectivity index (χ1) is 10.2. The predicted molar refractivity (Wildman–Crippen MR) is 95.4 cm³/mol. The van der Waals surface area contributed by atoms with Crippen molar-refractivity contribution >= 4 is 38.9 Å². The molecule has 1 nitrogen and oxygen atoms in total. The standard InChI is InChI=1S/C17H19BrClNS/c18-14-3-1-2-12(9-14)8-13(11-20-15-4-5-15)10-16-6-7-17(19)21-16/h1-3,6-7,9,13,15,20H,4-5,8,10-11H2. The van der Waals surface area contributed by atoms with Crippen LogP contribution in [0.4, 0.5) is 0 Å². The number of rotatable bonds is 7. The highest BCUT2D eigenvalue weighted by Gasteiger charge is 2.22. The van der Waals surface area contributed by atoms with E-state index in [9.17, 15) is 0 Å². The van der Waals surface area contributed by atoms with Gasteiger partial charge in [-0.3, -0.25) is 0 Å². The minimum absolute atomic E-state index is 0.620. The minimum atomic E-state index is 0.620. The van der Waals surface area contributed by atoms with Gasteiger partial charge in [0.25, 0.3) is 0 Å². The summed E-state index contributed by atoms with van der Waals surface area (Å²) in [5, 5.41) is 3.68. The molecule has 1 saturated carbocycles. The highest BCUT2D eigenvalue weighted by Crippen LogP contribution is 2.26. The van der Waals surface area contributed by atoms with Crippen LogP contribution in [-0.4, -0.2) is 12.6 Å². The summed E-state index contributed by atoms with van der Waals surface area (Å²) >= 11 is 11.3. The Hall–Kier alpha value is -0.350. The van der Waals surface area contributed by atoms with Crippen molar-refractivity contribution in [2.24, 2.45) is 5.92 Å². The molecule has 1 aromatic carbocycles. The number of thiophene rings is 1. The summed E-state index contributed by atoms with van der Waals surface area (Å²) in [7, 11) is 0. The summed E-state index contributed by atoms with van der Waals surface area (Å²) < 4.78 is 2.05. The molecule has 1 aromatic heterocycles. The Labute approximate surface area is 143 Å². The lowest BCUT2D eigenvalue weighted by Gasteiger charge is -2.17. The Bertz CT molecular complexity index is 594. The van der Waals surface area contributed by atoms with Crippen molar-refractivity contribution in [2.45, 2.75) is 31.7 Å². The maximum atomic E-state index is 6.06. The molecule has 0 amide bonds. The van der Waals surface area contributed by atoms with Crippen LogP contribution in [0.15, 0.2) is 40.9 Å². The quantitative estimate of drug-likeness (QED) is 0.681. The van der Waals surface area contributed by atoms with Crippen LogP contribution in [0.5, 0.6) is 0 Å². The van der Waals surface area contributed by atoms with E-state index >= 15 is 0 Å². The van der Waals surface area contributed by atoms with E-state index in [-0.39, 0.29) is 0 Å². The van der Waals surface area contributed by atoms with Crippen LogP contribution in [0.25, 0.3) is 0 Å². The molecule has 112 valence electrons. The van der Waals surface area contributed by atoms with E-state index in [1.165, 1.54) is 23.3 Å². The van der Waals surface area contributed by atoms with E-state index < -0.39 is 0 Å². The van der Waals surface area contributed by atoms with Crippen molar-refractivity contribution in [3.63, 3.8) is 0 Å². The van der Waals surface area contributed by atoms with Gasteiger partial charge in [-0.1, -0.05) is 39.7 Å². The molecule has 0 bridgehead atoms. The van der Waals surface area contributed by atoms with Crippen molar-refractivity contribution in [3.8, 4) is 0 Å². The summed E-state index contributed by atoms with van der Waals surface area (Å²) in [5.74, 6) is 0.620. The minimum Gasteiger partial charge on any atom is -0.314 e. The molecule has 0 aliphatic heterocycles. The second-order valence-corrected chi connectivity index (χ2v) is 8.51. The van der Waals surface area contributed by atoms with Gasteiger partial charge in [-0.15, -0.1) is 11.3 Å². The van der Waals surface area contributed by atoms with Gasteiger partial charge >= 0.3 is 0 Å². The molecule has 1 aliphatic carbocycles. The SMILES string of the molecule is Clc1ccc(CC(CNC2CC2)Cc2cccc(Br)c2)s1. The number of hydrogen-bond donors (Lipinski definition) is 1. The normalized spacial score (nSPS) is 16.1. The van der Waals surface area contributed by atoms with E-state index in [2.05, 4.69) is 51.6 Å². The molecule has 0 radical (unpaired) electrons. The van der Waals surface area contributed by atoms with Gasteiger partial charge < -0.3 is 5.32 Å². The Morgan fingerprint density at radius 3 is 2.76 bits per heavy atom. The van der Waals surface area contributed by atoms with E-state index in [0.29, 0.717) is 5.92 Å². The third-order valence-electron chi connectivity index (χ3n) is 3.80. The van der Waals surface area contributed by atoms with Gasteiger partial charge in [0.15, 0.2) is 0 Å². The average molecular weight is 385 g/mol. The van der Waals surface area contributed by atoms with Crippen LogP contribution in [0.2, 0.25) is 4.34 Å². The third-order valence-corrected chi connectivity index (χ3v) is 5.55. The molecule has 4 heteroatoms. The summed E-state index contributed by atoms with van der Waals surface area (Å²) in [5.41, 5.74) is 1.40. The van der Waals surface area contributed by atoms with Crippen LogP contribution in [0, 0.1) is 5.92 Å². The summed E-state index contributed by atoms with van der Waals surface area (Å²) in [6.07, 6.45) is 4.89. The van der Waals surface area contributed by atoms with Gasteiger partial charge in [-0.05, 0) is 68.0 Å². The Balaban J connectivity index is 1.65. The first kappa shape index (κ1) is 15.5. The molecular weight excluding hydrogens is 366 g/mol. The van der Waals surface area contributed by atoms with E-state index in [4.69, 9.17) is 11.6 Å². The fourth-order valence-electron chi connectivity index (χ4n) is 2.58. The zero-order valence-electron chi connectivity index (χ0n) is 11.8. The van der Waals surface area contributed by atoms with Crippen molar-refractivity contribution in [1.29, 1.82) is 0 Å². The lowest BCUT2D eigenvalue weighted by Crippen LogP contribution is -2.27. The third kappa shape index (κ3) is 5.10. The van der Waals surface area contributed by atoms with Gasteiger partial charge in [0.05, 0.1) is 4.34 Å². The van der Waals surface area contributed by atoms with Crippen molar-refractivity contribution in [1.82, 2.24) is 5.32 Å². The van der Waals surface area contributed by atoms with Crippen LogP contribution < -0.4 is 5.32 Å². The summed E-state index contributed by atoms with van der Waals surface area (Å²) in [6.45, 7) is 1.09. The molecule has 1 atom stereocenters. The predicted octanol–water partition coefficient (Wildman–Crippen LogP) is 5.32. The molecule has 0 spiro atoms. The fourth-order valence-corrected chi connectivity index (χ4v) is 4.23. The molecule has 1 heterocycles. The molecule has 2 aromatic rings. The van der Waals surface area contributed by atoms with E-state index in [1.807, 2.05) is 6.07 Å². The second-order valence-electron chi connectivity index (χ2n) is 5.79. The largest absolute Gasteiger partial charge is 0.314 e. The summed E-state index contributed by atoms with van der Waals surface area (Å²) in [6, 6.07) is 13.6. The number of benzene rings is 1. The van der Waals surface area contributed by atoms with Gasteiger partial charge in [-0.25, -0.2) is 0 Å². The lowest BCUT2D eigenvalue weighted by molar-refractivity contribution is 0.471.